The second kappa shape index (κ2) is 8.91. The summed E-state index contributed by atoms with van der Waals surface area (Å²) in [4.78, 5) is 0. The van der Waals surface area contributed by atoms with Crippen molar-refractivity contribution in [3.8, 4) is 22.3 Å². The van der Waals surface area contributed by atoms with Gasteiger partial charge < -0.3 is 0 Å². The van der Waals surface area contributed by atoms with Crippen molar-refractivity contribution >= 4 is 76.9 Å². The molecule has 0 nitrogen and oxygen atoms in total. The quantitative estimate of drug-likeness (QED) is 0.140. The summed E-state index contributed by atoms with van der Waals surface area (Å²) in [5, 5.41) is 11.1. The second-order valence-electron chi connectivity index (χ2n) is 10.7. The van der Waals surface area contributed by atoms with Crippen LogP contribution in [0.5, 0.6) is 0 Å². The number of benzene rings is 8. The third-order valence-corrected chi connectivity index (χ3v) is 10.8. The predicted molar refractivity (Wildman–Crippen MR) is 179 cm³/mol. The Morgan fingerprint density at radius 3 is 1.32 bits per heavy atom. The van der Waals surface area contributed by atoms with E-state index in [1.807, 2.05) is 24.3 Å². The molecule has 1 heterocycles. The molecule has 0 aliphatic rings. The van der Waals surface area contributed by atoms with E-state index in [-0.39, 0.29) is 14.5 Å². The van der Waals surface area contributed by atoms with Gasteiger partial charge in [-0.15, -0.1) is 0 Å². The Kier molecular flexibility index (Phi) is 4.59. The van der Waals surface area contributed by atoms with Crippen LogP contribution in [0.15, 0.2) is 146 Å². The van der Waals surface area contributed by atoms with Crippen LogP contribution in [0.1, 0.15) is 2.74 Å². The van der Waals surface area contributed by atoms with Crippen LogP contribution < -0.4 is 0 Å². The number of rotatable bonds is 2. The first-order valence-corrected chi connectivity index (χ1v) is 15.7. The van der Waals surface area contributed by atoms with E-state index >= 15 is 0 Å². The SMILES string of the molecule is [2H]c1c2ccccc2c(-c2ccc3c(c2)[se]c2ccc(-c4c5ccccc5c([2H])c5ccccc45)cc23)c2ccccc12. The fourth-order valence-electron chi connectivity index (χ4n) is 6.53. The number of fused-ring (bicyclic) bond motifs is 7. The molecule has 0 amide bonds. The summed E-state index contributed by atoms with van der Waals surface area (Å²) in [7, 11) is 0. The topological polar surface area (TPSA) is 0 Å². The molecule has 0 fully saturated rings. The van der Waals surface area contributed by atoms with Crippen LogP contribution in [0.3, 0.4) is 0 Å². The van der Waals surface area contributed by atoms with Crippen LogP contribution in [0.4, 0.5) is 0 Å². The van der Waals surface area contributed by atoms with Crippen LogP contribution in [0.2, 0.25) is 0 Å². The zero-order valence-corrected chi connectivity index (χ0v) is 23.8. The molecule has 0 radical (unpaired) electrons. The Morgan fingerprint density at radius 1 is 0.366 bits per heavy atom. The van der Waals surface area contributed by atoms with Crippen LogP contribution >= 0.6 is 0 Å². The summed E-state index contributed by atoms with van der Waals surface area (Å²) in [6.07, 6.45) is 0. The fraction of sp³-hybridized carbons (Fsp3) is 0. The van der Waals surface area contributed by atoms with Crippen LogP contribution in [-0.2, 0) is 0 Å². The summed E-state index contributed by atoms with van der Waals surface area (Å²) in [5.74, 6) is 0. The fourth-order valence-corrected chi connectivity index (χ4v) is 8.89. The minimum atomic E-state index is 0.204. The molecule has 1 heteroatoms. The number of hydrogen-bond acceptors (Lipinski definition) is 0. The zero-order valence-electron chi connectivity index (χ0n) is 24.1. The average Bonchev–Trinajstić information content (AvgIpc) is 3.42. The first-order chi connectivity index (χ1) is 21.2. The molecule has 0 saturated heterocycles. The summed E-state index contributed by atoms with van der Waals surface area (Å²) < 4.78 is 20.6. The van der Waals surface area contributed by atoms with Gasteiger partial charge >= 0.3 is 247 Å². The molecular formula is C40H24Se. The maximum absolute atomic E-state index is 8.91. The van der Waals surface area contributed by atoms with Gasteiger partial charge in [0.05, 0.1) is 0 Å². The Morgan fingerprint density at radius 2 is 0.805 bits per heavy atom. The van der Waals surface area contributed by atoms with Gasteiger partial charge in [0.1, 0.15) is 0 Å². The van der Waals surface area contributed by atoms with Crippen molar-refractivity contribution in [2.24, 2.45) is 0 Å². The van der Waals surface area contributed by atoms with Gasteiger partial charge in [-0.3, -0.25) is 0 Å². The van der Waals surface area contributed by atoms with Crippen molar-refractivity contribution in [1.29, 1.82) is 0 Å². The molecule has 41 heavy (non-hydrogen) atoms. The molecule has 0 saturated carbocycles. The van der Waals surface area contributed by atoms with Crippen LogP contribution in [0.25, 0.3) is 84.6 Å². The van der Waals surface area contributed by atoms with Crippen molar-refractivity contribution in [1.82, 2.24) is 0 Å². The van der Waals surface area contributed by atoms with Crippen molar-refractivity contribution < 1.29 is 2.74 Å². The second-order valence-corrected chi connectivity index (χ2v) is 13.0. The molecule has 0 atom stereocenters. The van der Waals surface area contributed by atoms with E-state index in [1.54, 1.807) is 0 Å². The summed E-state index contributed by atoms with van der Waals surface area (Å²) >= 11 is 0.204. The Balaban J connectivity index is 1.29. The third kappa shape index (κ3) is 3.54. The Bertz CT molecular complexity index is 2480. The van der Waals surface area contributed by atoms with Gasteiger partial charge in [0, 0.05) is 0 Å². The van der Waals surface area contributed by atoms with E-state index in [9.17, 15) is 0 Å². The number of hydrogen-bond donors (Lipinski definition) is 0. The summed E-state index contributed by atoms with van der Waals surface area (Å²) in [5.41, 5.74) is 4.83. The molecule has 0 bridgehead atoms. The van der Waals surface area contributed by atoms with Crippen LogP contribution in [-0.4, -0.2) is 14.5 Å². The molecule has 8 aromatic carbocycles. The molecule has 190 valence electrons. The normalized spacial score (nSPS) is 12.6. The van der Waals surface area contributed by atoms with Crippen molar-refractivity contribution in [3.05, 3.63) is 146 Å². The minimum absolute atomic E-state index is 0.204. The Labute approximate surface area is 246 Å². The van der Waals surface area contributed by atoms with Gasteiger partial charge in [0.2, 0.25) is 0 Å². The standard InChI is InChI=1S/C40H24Se/c1-5-13-31-25(9-1)21-26-10-2-6-14-32(26)39(31)29-18-20-37-36(23-29)35-19-17-30(24-38(35)41-37)40-33-15-7-3-11-27(33)22-28-12-4-8-16-34(28)40/h1-24H/i21D,22D. The van der Waals surface area contributed by atoms with E-state index in [2.05, 4.69) is 109 Å². The van der Waals surface area contributed by atoms with Gasteiger partial charge in [-0.25, -0.2) is 0 Å². The van der Waals surface area contributed by atoms with E-state index in [1.165, 1.54) is 41.5 Å². The summed E-state index contributed by atoms with van der Waals surface area (Å²) in [6, 6.07) is 48.5. The summed E-state index contributed by atoms with van der Waals surface area (Å²) in [6.45, 7) is 0. The van der Waals surface area contributed by atoms with Crippen LogP contribution in [0, 0.1) is 0 Å². The third-order valence-electron chi connectivity index (χ3n) is 8.37. The molecular weight excluding hydrogens is 559 g/mol. The zero-order chi connectivity index (χ0) is 28.7. The first-order valence-electron chi connectivity index (χ1n) is 14.9. The van der Waals surface area contributed by atoms with Gasteiger partial charge in [0.15, 0.2) is 0 Å². The Hall–Kier alpha value is -4.68. The van der Waals surface area contributed by atoms with Crippen molar-refractivity contribution in [2.45, 2.75) is 0 Å². The van der Waals surface area contributed by atoms with E-state index < -0.39 is 0 Å². The molecule has 0 aliphatic heterocycles. The first kappa shape index (κ1) is 21.1. The van der Waals surface area contributed by atoms with E-state index in [0.717, 1.165) is 43.1 Å². The predicted octanol–water partition coefficient (Wildman–Crippen LogP) is 11.0. The average molecular weight is 586 g/mol. The van der Waals surface area contributed by atoms with Gasteiger partial charge in [0.25, 0.3) is 0 Å². The maximum atomic E-state index is 8.91. The van der Waals surface area contributed by atoms with Gasteiger partial charge in [-0.2, -0.15) is 0 Å². The molecule has 0 spiro atoms. The molecule has 1 aromatic heterocycles. The van der Waals surface area contributed by atoms with Crippen molar-refractivity contribution in [2.75, 3.05) is 0 Å². The van der Waals surface area contributed by atoms with E-state index in [0.29, 0.717) is 12.1 Å². The van der Waals surface area contributed by atoms with Crippen molar-refractivity contribution in [3.63, 3.8) is 0 Å². The van der Waals surface area contributed by atoms with Gasteiger partial charge in [-0.1, -0.05) is 0 Å². The molecule has 0 unspecified atom stereocenters. The van der Waals surface area contributed by atoms with E-state index in [4.69, 9.17) is 2.74 Å². The molecule has 9 rings (SSSR count). The molecule has 0 N–H and O–H groups in total. The molecule has 9 aromatic rings. The monoisotopic (exact) mass is 586 g/mol. The van der Waals surface area contributed by atoms with Gasteiger partial charge in [-0.05, 0) is 0 Å². The molecule has 0 aliphatic carbocycles.